The number of hydrogen-bond donors (Lipinski definition) is 1. The first-order valence-corrected chi connectivity index (χ1v) is 8.87. The van der Waals surface area contributed by atoms with Crippen LogP contribution in [0.2, 0.25) is 0 Å². The largest absolute Gasteiger partial charge is 0.306 e. The lowest BCUT2D eigenvalue weighted by molar-refractivity contribution is 0.594. The molecule has 0 saturated carbocycles. The molecule has 21 heavy (non-hydrogen) atoms. The van der Waals surface area contributed by atoms with Crippen molar-refractivity contribution in [1.29, 1.82) is 0 Å². The highest BCUT2D eigenvalue weighted by Gasteiger charge is 2.18. The van der Waals surface area contributed by atoms with Gasteiger partial charge in [-0.15, -0.1) is 0 Å². The van der Waals surface area contributed by atoms with Crippen LogP contribution in [-0.4, -0.2) is 6.54 Å². The minimum atomic E-state index is 0.215. The molecule has 3 heteroatoms. The second kappa shape index (κ2) is 7.57. The van der Waals surface area contributed by atoms with Crippen molar-refractivity contribution >= 4 is 31.9 Å². The quantitative estimate of drug-likeness (QED) is 0.645. The molecule has 1 N–H and O–H groups in total. The third-order valence-corrected chi connectivity index (χ3v) is 5.01. The molecule has 0 aliphatic heterocycles. The summed E-state index contributed by atoms with van der Waals surface area (Å²) in [5.74, 6) is 0. The van der Waals surface area contributed by atoms with Crippen LogP contribution in [0.15, 0.2) is 45.3 Å². The molecule has 0 aliphatic rings. The van der Waals surface area contributed by atoms with Gasteiger partial charge in [0.15, 0.2) is 0 Å². The van der Waals surface area contributed by atoms with Crippen molar-refractivity contribution in [1.82, 2.24) is 5.32 Å². The molecule has 0 bridgehead atoms. The van der Waals surface area contributed by atoms with E-state index in [2.05, 4.69) is 94.3 Å². The van der Waals surface area contributed by atoms with Gasteiger partial charge in [0.25, 0.3) is 0 Å². The lowest BCUT2D eigenvalue weighted by Crippen LogP contribution is -2.24. The van der Waals surface area contributed by atoms with E-state index in [1.54, 1.807) is 0 Å². The van der Waals surface area contributed by atoms with Crippen LogP contribution in [0.3, 0.4) is 0 Å². The van der Waals surface area contributed by atoms with E-state index in [-0.39, 0.29) is 6.04 Å². The Kier molecular flexibility index (Phi) is 6.03. The molecular weight excluding hydrogens is 390 g/mol. The normalized spacial score (nSPS) is 12.4. The van der Waals surface area contributed by atoms with Gasteiger partial charge in [0.2, 0.25) is 0 Å². The van der Waals surface area contributed by atoms with Crippen molar-refractivity contribution in [2.75, 3.05) is 6.54 Å². The van der Waals surface area contributed by atoms with Crippen LogP contribution >= 0.6 is 31.9 Å². The predicted molar refractivity (Wildman–Crippen MR) is 97.9 cm³/mol. The molecule has 112 valence electrons. The second-order valence-corrected chi connectivity index (χ2v) is 7.11. The van der Waals surface area contributed by atoms with Crippen molar-refractivity contribution in [2.45, 2.75) is 33.2 Å². The highest BCUT2D eigenvalue weighted by molar-refractivity contribution is 9.11. The average Bonchev–Trinajstić information content (AvgIpc) is 2.45. The van der Waals surface area contributed by atoms with Gasteiger partial charge in [-0.1, -0.05) is 63.0 Å². The van der Waals surface area contributed by atoms with Crippen LogP contribution in [0.1, 0.15) is 41.6 Å². The molecule has 0 fully saturated rings. The molecule has 1 unspecified atom stereocenters. The number of aryl methyl sites for hydroxylation is 1. The smallest absolute Gasteiger partial charge is 0.0590 e. The summed E-state index contributed by atoms with van der Waals surface area (Å²) in [5.41, 5.74) is 5.33. The highest BCUT2D eigenvalue weighted by atomic mass is 79.9. The summed E-state index contributed by atoms with van der Waals surface area (Å²) in [6.07, 6.45) is 1.12. The van der Waals surface area contributed by atoms with Gasteiger partial charge in [0.1, 0.15) is 0 Å². The zero-order valence-electron chi connectivity index (χ0n) is 12.7. The Balaban J connectivity index is 2.49. The van der Waals surface area contributed by atoms with E-state index in [0.29, 0.717) is 0 Å². The van der Waals surface area contributed by atoms with E-state index in [9.17, 15) is 0 Å². The first-order chi connectivity index (χ1) is 10.0. The molecule has 0 aliphatic carbocycles. The van der Waals surface area contributed by atoms with Crippen LogP contribution in [0.4, 0.5) is 0 Å². The van der Waals surface area contributed by atoms with Crippen LogP contribution in [0.25, 0.3) is 0 Å². The van der Waals surface area contributed by atoms with Crippen LogP contribution < -0.4 is 5.32 Å². The van der Waals surface area contributed by atoms with E-state index in [1.807, 2.05) is 0 Å². The standard InChI is InChI=1S/C18H21Br2N/c1-4-10-21-18(15-7-5-6-12(2)13(15)3)16-9-8-14(19)11-17(16)20/h5-9,11,18,21H,4,10H2,1-3H3. The minimum Gasteiger partial charge on any atom is -0.306 e. The fourth-order valence-corrected chi connectivity index (χ4v) is 3.77. The number of nitrogens with one attached hydrogen (secondary N) is 1. The molecule has 0 aromatic heterocycles. The van der Waals surface area contributed by atoms with Crippen molar-refractivity contribution in [3.05, 3.63) is 67.6 Å². The topological polar surface area (TPSA) is 12.0 Å². The van der Waals surface area contributed by atoms with Crippen molar-refractivity contribution in [2.24, 2.45) is 0 Å². The minimum absolute atomic E-state index is 0.215. The lowest BCUT2D eigenvalue weighted by Gasteiger charge is -2.23. The Morgan fingerprint density at radius 3 is 2.48 bits per heavy atom. The maximum absolute atomic E-state index is 3.71. The van der Waals surface area contributed by atoms with E-state index in [4.69, 9.17) is 0 Å². The molecule has 2 aromatic carbocycles. The zero-order valence-corrected chi connectivity index (χ0v) is 15.9. The van der Waals surface area contributed by atoms with E-state index < -0.39 is 0 Å². The summed E-state index contributed by atoms with van der Waals surface area (Å²) >= 11 is 7.24. The Hall–Kier alpha value is -0.640. The number of hydrogen-bond acceptors (Lipinski definition) is 1. The Bertz CT molecular complexity index is 623. The highest BCUT2D eigenvalue weighted by Crippen LogP contribution is 2.33. The van der Waals surface area contributed by atoms with Gasteiger partial charge in [-0.05, 0) is 61.2 Å². The third-order valence-electron chi connectivity index (χ3n) is 3.83. The molecule has 0 heterocycles. The van der Waals surface area contributed by atoms with Gasteiger partial charge in [-0.25, -0.2) is 0 Å². The van der Waals surface area contributed by atoms with Crippen molar-refractivity contribution in [3.63, 3.8) is 0 Å². The van der Waals surface area contributed by atoms with Crippen LogP contribution in [0, 0.1) is 13.8 Å². The molecule has 2 aromatic rings. The Labute approximate surface area is 144 Å². The number of benzene rings is 2. The number of rotatable bonds is 5. The summed E-state index contributed by atoms with van der Waals surface area (Å²) in [4.78, 5) is 0. The molecule has 1 atom stereocenters. The van der Waals surface area contributed by atoms with Gasteiger partial charge in [-0.3, -0.25) is 0 Å². The second-order valence-electron chi connectivity index (χ2n) is 5.34. The fraction of sp³-hybridized carbons (Fsp3) is 0.333. The Morgan fingerprint density at radius 1 is 1.05 bits per heavy atom. The first-order valence-electron chi connectivity index (χ1n) is 7.29. The molecule has 1 nitrogen and oxygen atoms in total. The van der Waals surface area contributed by atoms with Gasteiger partial charge in [-0.2, -0.15) is 0 Å². The molecule has 0 radical (unpaired) electrons. The van der Waals surface area contributed by atoms with Gasteiger partial charge in [0, 0.05) is 8.95 Å². The number of halogens is 2. The molecule has 0 spiro atoms. The summed E-state index contributed by atoms with van der Waals surface area (Å²) in [5, 5.41) is 3.69. The van der Waals surface area contributed by atoms with E-state index in [1.165, 1.54) is 22.3 Å². The average molecular weight is 411 g/mol. The van der Waals surface area contributed by atoms with Gasteiger partial charge >= 0.3 is 0 Å². The molecule has 2 rings (SSSR count). The lowest BCUT2D eigenvalue weighted by atomic mass is 9.92. The summed E-state index contributed by atoms with van der Waals surface area (Å²) in [6.45, 7) is 7.58. The molecule has 0 amide bonds. The van der Waals surface area contributed by atoms with Gasteiger partial charge < -0.3 is 5.32 Å². The monoisotopic (exact) mass is 409 g/mol. The third kappa shape index (κ3) is 3.97. The summed E-state index contributed by atoms with van der Waals surface area (Å²) < 4.78 is 2.22. The SMILES string of the molecule is CCCNC(c1ccc(Br)cc1Br)c1cccc(C)c1C. The van der Waals surface area contributed by atoms with Crippen molar-refractivity contribution in [3.8, 4) is 0 Å². The fourth-order valence-electron chi connectivity index (χ4n) is 2.50. The zero-order chi connectivity index (χ0) is 15.4. The maximum atomic E-state index is 3.71. The summed E-state index contributed by atoms with van der Waals surface area (Å²) in [7, 11) is 0. The van der Waals surface area contributed by atoms with Gasteiger partial charge in [0.05, 0.1) is 6.04 Å². The molecular formula is C18H21Br2N. The molecule has 0 saturated heterocycles. The van der Waals surface area contributed by atoms with E-state index >= 15 is 0 Å². The Morgan fingerprint density at radius 2 is 1.81 bits per heavy atom. The van der Waals surface area contributed by atoms with Crippen LogP contribution in [-0.2, 0) is 0 Å². The first kappa shape index (κ1) is 16.7. The maximum Gasteiger partial charge on any atom is 0.0590 e. The van der Waals surface area contributed by atoms with E-state index in [0.717, 1.165) is 21.9 Å². The van der Waals surface area contributed by atoms with Crippen LogP contribution in [0.5, 0.6) is 0 Å². The van der Waals surface area contributed by atoms with Crippen molar-refractivity contribution < 1.29 is 0 Å². The summed E-state index contributed by atoms with van der Waals surface area (Å²) in [6, 6.07) is 13.2. The predicted octanol–water partition coefficient (Wildman–Crippen LogP) is 5.92.